The van der Waals surface area contributed by atoms with Crippen LogP contribution in [0.2, 0.25) is 0 Å². The Morgan fingerprint density at radius 3 is 2.62 bits per heavy atom. The summed E-state index contributed by atoms with van der Waals surface area (Å²) in [5.41, 5.74) is -0.0312. The highest BCUT2D eigenvalue weighted by atomic mass is 127. The van der Waals surface area contributed by atoms with E-state index in [-0.39, 0.29) is 17.1 Å². The van der Waals surface area contributed by atoms with Crippen molar-refractivity contribution < 1.29 is 17.9 Å². The smallest absolute Gasteiger partial charge is 0.339 e. The van der Waals surface area contributed by atoms with E-state index in [1.807, 2.05) is 0 Å². The largest absolute Gasteiger partial charge is 0.462 e. The first-order valence-corrected chi connectivity index (χ1v) is 6.99. The fourth-order valence-electron chi connectivity index (χ4n) is 1.17. The molecule has 0 spiro atoms. The lowest BCUT2D eigenvalue weighted by Gasteiger charge is -2.08. The third-order valence-electron chi connectivity index (χ3n) is 1.75. The maximum Gasteiger partial charge on any atom is 0.339 e. The number of primary sulfonamides is 1. The Hall–Kier alpha value is -0.670. The average molecular weight is 355 g/mol. The molecule has 0 aliphatic heterocycles. The van der Waals surface area contributed by atoms with Crippen LogP contribution >= 0.6 is 22.6 Å². The summed E-state index contributed by atoms with van der Waals surface area (Å²) in [6.07, 6.45) is 0. The minimum atomic E-state index is -3.94. The molecule has 1 aromatic rings. The molecule has 0 aliphatic rings. The van der Waals surface area contributed by atoms with E-state index >= 15 is 0 Å². The maximum atomic E-state index is 11.5. The summed E-state index contributed by atoms with van der Waals surface area (Å²) in [4.78, 5) is 11.3. The summed E-state index contributed by atoms with van der Waals surface area (Å²) in [6.45, 7) is 1.82. The molecule has 88 valence electrons. The second-order valence-corrected chi connectivity index (χ2v) is 5.54. The Morgan fingerprint density at radius 1 is 1.50 bits per heavy atom. The number of carbonyl (C=O) groups excluding carboxylic acids is 1. The summed E-state index contributed by atoms with van der Waals surface area (Å²) >= 11 is 1.81. The molecular weight excluding hydrogens is 345 g/mol. The van der Waals surface area contributed by atoms with E-state index in [4.69, 9.17) is 9.88 Å². The van der Waals surface area contributed by atoms with E-state index in [2.05, 4.69) is 0 Å². The van der Waals surface area contributed by atoms with E-state index in [9.17, 15) is 13.2 Å². The fraction of sp³-hybridized carbons (Fsp3) is 0.222. The van der Waals surface area contributed by atoms with Crippen molar-refractivity contribution in [2.45, 2.75) is 11.8 Å². The van der Waals surface area contributed by atoms with Crippen molar-refractivity contribution >= 4 is 38.6 Å². The first-order valence-electron chi connectivity index (χ1n) is 4.36. The van der Waals surface area contributed by atoms with Gasteiger partial charge in [-0.1, -0.05) is 6.07 Å². The van der Waals surface area contributed by atoms with Gasteiger partial charge >= 0.3 is 5.97 Å². The molecule has 0 aliphatic carbocycles. The molecular formula is C9H10INO4S. The molecule has 0 radical (unpaired) electrons. The molecule has 5 nitrogen and oxygen atoms in total. The number of sulfonamides is 1. The number of halogens is 1. The van der Waals surface area contributed by atoms with Gasteiger partial charge < -0.3 is 4.74 Å². The molecule has 0 heterocycles. The molecule has 16 heavy (non-hydrogen) atoms. The van der Waals surface area contributed by atoms with Crippen molar-refractivity contribution in [2.75, 3.05) is 6.61 Å². The molecule has 0 bridgehead atoms. The molecule has 0 saturated carbocycles. The van der Waals surface area contributed by atoms with Crippen LogP contribution in [0.25, 0.3) is 0 Å². The van der Waals surface area contributed by atoms with Crippen LogP contribution in [-0.2, 0) is 14.8 Å². The molecule has 0 aromatic heterocycles. The van der Waals surface area contributed by atoms with Gasteiger partial charge in [0, 0.05) is 3.57 Å². The Balaban J connectivity index is 3.41. The number of hydrogen-bond acceptors (Lipinski definition) is 4. The number of carbonyl (C=O) groups is 1. The highest BCUT2D eigenvalue weighted by Crippen LogP contribution is 2.21. The van der Waals surface area contributed by atoms with E-state index < -0.39 is 16.0 Å². The van der Waals surface area contributed by atoms with Crippen LogP contribution in [-0.4, -0.2) is 21.0 Å². The maximum absolute atomic E-state index is 11.5. The van der Waals surface area contributed by atoms with Crippen LogP contribution in [0.15, 0.2) is 23.1 Å². The summed E-state index contributed by atoms with van der Waals surface area (Å²) < 4.78 is 27.8. The summed E-state index contributed by atoms with van der Waals surface area (Å²) in [5.74, 6) is -0.690. The topological polar surface area (TPSA) is 86.5 Å². The number of nitrogens with two attached hydrogens (primary N) is 1. The van der Waals surface area contributed by atoms with Crippen LogP contribution in [0, 0.1) is 3.57 Å². The molecule has 7 heteroatoms. The van der Waals surface area contributed by atoms with Gasteiger partial charge in [0.2, 0.25) is 10.0 Å². The van der Waals surface area contributed by atoms with Gasteiger partial charge in [-0.25, -0.2) is 18.4 Å². The molecule has 1 rings (SSSR count). The second-order valence-electron chi connectivity index (χ2n) is 2.88. The summed E-state index contributed by atoms with van der Waals surface area (Å²) in [5, 5.41) is 5.05. The Bertz CT molecular complexity index is 512. The lowest BCUT2D eigenvalue weighted by molar-refractivity contribution is 0.0521. The lowest BCUT2D eigenvalue weighted by Crippen LogP contribution is -2.19. The lowest BCUT2D eigenvalue weighted by atomic mass is 10.2. The summed E-state index contributed by atoms with van der Waals surface area (Å²) in [6, 6.07) is 4.51. The first-order chi connectivity index (χ1) is 7.38. The minimum absolute atomic E-state index is 0.0312. The van der Waals surface area contributed by atoms with E-state index in [0.717, 1.165) is 0 Å². The molecule has 0 amide bonds. The Morgan fingerprint density at radius 2 is 2.12 bits per heavy atom. The average Bonchev–Trinajstić information content (AvgIpc) is 2.15. The van der Waals surface area contributed by atoms with Gasteiger partial charge in [0.05, 0.1) is 12.2 Å². The highest BCUT2D eigenvalue weighted by molar-refractivity contribution is 14.1. The van der Waals surface area contributed by atoms with Crippen molar-refractivity contribution in [3.05, 3.63) is 27.3 Å². The van der Waals surface area contributed by atoms with Gasteiger partial charge in [-0.05, 0) is 41.6 Å². The first kappa shape index (κ1) is 13.4. The number of ether oxygens (including phenoxy) is 1. The van der Waals surface area contributed by atoms with Gasteiger partial charge in [-0.2, -0.15) is 0 Å². The van der Waals surface area contributed by atoms with Crippen LogP contribution in [0.3, 0.4) is 0 Å². The Kier molecular flexibility index (Phi) is 4.28. The monoisotopic (exact) mass is 355 g/mol. The predicted molar refractivity (Wildman–Crippen MR) is 66.5 cm³/mol. The van der Waals surface area contributed by atoms with Gasteiger partial charge in [0.15, 0.2) is 0 Å². The molecule has 2 N–H and O–H groups in total. The van der Waals surface area contributed by atoms with Crippen molar-refractivity contribution in [1.29, 1.82) is 0 Å². The van der Waals surface area contributed by atoms with Crippen LogP contribution in [0.5, 0.6) is 0 Å². The van der Waals surface area contributed by atoms with Gasteiger partial charge in [0.25, 0.3) is 0 Å². The predicted octanol–water partition coefficient (Wildman–Crippen LogP) is 1.12. The fourth-order valence-corrected chi connectivity index (χ4v) is 3.38. The quantitative estimate of drug-likeness (QED) is 0.650. The zero-order valence-electron chi connectivity index (χ0n) is 8.44. The number of esters is 1. The van der Waals surface area contributed by atoms with Crippen molar-refractivity contribution in [1.82, 2.24) is 0 Å². The third-order valence-corrected chi connectivity index (χ3v) is 4.02. The molecule has 0 atom stereocenters. The van der Waals surface area contributed by atoms with Crippen LogP contribution in [0.4, 0.5) is 0 Å². The number of rotatable bonds is 3. The van der Waals surface area contributed by atoms with Gasteiger partial charge in [-0.15, -0.1) is 0 Å². The highest BCUT2D eigenvalue weighted by Gasteiger charge is 2.22. The number of benzene rings is 1. The SMILES string of the molecule is CCOC(=O)c1cccc(I)c1S(N)(=O)=O. The van der Waals surface area contributed by atoms with Crippen molar-refractivity contribution in [3.8, 4) is 0 Å². The summed E-state index contributed by atoms with van der Waals surface area (Å²) in [7, 11) is -3.94. The molecule has 0 saturated heterocycles. The zero-order chi connectivity index (χ0) is 12.3. The van der Waals surface area contributed by atoms with E-state index in [0.29, 0.717) is 3.57 Å². The van der Waals surface area contributed by atoms with Gasteiger partial charge in [-0.3, -0.25) is 0 Å². The third kappa shape index (κ3) is 2.92. The Labute approximate surface area is 107 Å². The van der Waals surface area contributed by atoms with Crippen LogP contribution < -0.4 is 5.14 Å². The normalized spacial score (nSPS) is 11.2. The van der Waals surface area contributed by atoms with Gasteiger partial charge in [0.1, 0.15) is 4.90 Å². The minimum Gasteiger partial charge on any atom is -0.462 e. The second kappa shape index (κ2) is 5.11. The van der Waals surface area contributed by atoms with E-state index in [1.165, 1.54) is 6.07 Å². The molecule has 0 fully saturated rings. The molecule has 1 aromatic carbocycles. The standard InChI is InChI=1S/C9H10INO4S/c1-2-15-9(12)6-4-3-5-7(10)8(6)16(11,13)14/h3-5H,2H2,1H3,(H2,11,13,14). The van der Waals surface area contributed by atoms with Crippen molar-refractivity contribution in [3.63, 3.8) is 0 Å². The van der Waals surface area contributed by atoms with Crippen molar-refractivity contribution in [2.24, 2.45) is 5.14 Å². The molecule has 0 unspecified atom stereocenters. The zero-order valence-corrected chi connectivity index (χ0v) is 11.4. The van der Waals surface area contributed by atoms with Crippen LogP contribution in [0.1, 0.15) is 17.3 Å². The number of hydrogen-bond donors (Lipinski definition) is 1. The van der Waals surface area contributed by atoms with E-state index in [1.54, 1.807) is 41.6 Å².